The first-order chi connectivity index (χ1) is 11.1. The summed E-state index contributed by atoms with van der Waals surface area (Å²) in [7, 11) is 0. The molecule has 9 heteroatoms. The lowest BCUT2D eigenvalue weighted by Crippen LogP contribution is -2.39. The molecule has 1 heterocycles. The van der Waals surface area contributed by atoms with Gasteiger partial charge in [0.15, 0.2) is 10.2 Å². The molecule has 0 fully saturated rings. The van der Waals surface area contributed by atoms with Gasteiger partial charge in [0.05, 0.1) is 12.7 Å². The summed E-state index contributed by atoms with van der Waals surface area (Å²) >= 11 is 0.964. The van der Waals surface area contributed by atoms with E-state index < -0.39 is 5.97 Å². The average Bonchev–Trinajstić information content (AvgIpc) is 2.95. The van der Waals surface area contributed by atoms with Gasteiger partial charge in [-0.05, 0) is 30.8 Å². The van der Waals surface area contributed by atoms with Crippen LogP contribution in [0.25, 0.3) is 0 Å². The van der Waals surface area contributed by atoms with Crippen LogP contribution in [0.3, 0.4) is 0 Å². The molecule has 0 atom stereocenters. The SMILES string of the molecule is CCOC(=O)/C=C1/N=C(NNC(=O)c2ccccc2)S/C1=N\O. The third kappa shape index (κ3) is 4.58. The highest BCUT2D eigenvalue weighted by Gasteiger charge is 2.22. The number of thioether (sulfide) groups is 1. The lowest BCUT2D eigenvalue weighted by molar-refractivity contribution is -0.137. The minimum absolute atomic E-state index is 0.120. The average molecular weight is 334 g/mol. The maximum atomic E-state index is 11.9. The molecule has 23 heavy (non-hydrogen) atoms. The smallest absolute Gasteiger partial charge is 0.333 e. The van der Waals surface area contributed by atoms with E-state index in [1.54, 1.807) is 37.3 Å². The van der Waals surface area contributed by atoms with E-state index in [-0.39, 0.29) is 28.4 Å². The number of rotatable bonds is 3. The summed E-state index contributed by atoms with van der Waals surface area (Å²) in [5.74, 6) is -0.943. The Hall–Kier alpha value is -2.81. The summed E-state index contributed by atoms with van der Waals surface area (Å²) in [5, 5.41) is 12.4. The highest BCUT2D eigenvalue weighted by molar-refractivity contribution is 8.27. The minimum atomic E-state index is -0.595. The standard InChI is InChI=1S/C14H14N4O4S/c1-2-22-11(19)8-10-13(18-21)23-14(15-10)17-16-12(20)9-6-4-3-5-7-9/h3-8,21H,2H2,1H3,(H,15,17)(H,16,20)/b10-8+,18-13-. The Balaban J connectivity index is 2.01. The monoisotopic (exact) mass is 334 g/mol. The van der Waals surface area contributed by atoms with Gasteiger partial charge in [-0.2, -0.15) is 0 Å². The molecule has 0 radical (unpaired) electrons. The molecule has 1 aliphatic heterocycles. The van der Waals surface area contributed by atoms with Crippen molar-refractivity contribution in [3.63, 3.8) is 0 Å². The second kappa shape index (κ2) is 7.99. The predicted molar refractivity (Wildman–Crippen MR) is 86.0 cm³/mol. The maximum absolute atomic E-state index is 11.9. The number of hydrogen-bond acceptors (Lipinski definition) is 8. The highest BCUT2D eigenvalue weighted by Crippen LogP contribution is 2.23. The first-order valence-electron chi connectivity index (χ1n) is 6.63. The molecule has 0 aromatic heterocycles. The van der Waals surface area contributed by atoms with Crippen molar-refractivity contribution in [3.05, 3.63) is 47.7 Å². The number of carbonyl (C=O) groups excluding carboxylic acids is 2. The van der Waals surface area contributed by atoms with Gasteiger partial charge in [-0.25, -0.2) is 9.79 Å². The Morgan fingerprint density at radius 3 is 2.78 bits per heavy atom. The summed E-state index contributed by atoms with van der Waals surface area (Å²) in [4.78, 5) is 27.4. The fraction of sp³-hybridized carbons (Fsp3) is 0.143. The topological polar surface area (TPSA) is 112 Å². The molecule has 1 aromatic rings. The molecule has 0 saturated heterocycles. The zero-order valence-corrected chi connectivity index (χ0v) is 13.0. The van der Waals surface area contributed by atoms with E-state index >= 15 is 0 Å². The minimum Gasteiger partial charge on any atom is -0.463 e. The molecule has 1 amide bonds. The van der Waals surface area contributed by atoms with E-state index in [1.807, 2.05) is 0 Å². The summed E-state index contributed by atoms with van der Waals surface area (Å²) in [6, 6.07) is 8.61. The Kier molecular flexibility index (Phi) is 5.75. The van der Waals surface area contributed by atoms with Crippen LogP contribution in [0.15, 0.2) is 52.3 Å². The number of benzene rings is 1. The first kappa shape index (κ1) is 16.6. The summed E-state index contributed by atoms with van der Waals surface area (Å²) in [6.45, 7) is 1.90. The van der Waals surface area contributed by atoms with Crippen molar-refractivity contribution in [2.24, 2.45) is 10.1 Å². The molecular weight excluding hydrogens is 320 g/mol. The van der Waals surface area contributed by atoms with Gasteiger partial charge < -0.3 is 9.94 Å². The van der Waals surface area contributed by atoms with Gasteiger partial charge in [-0.1, -0.05) is 23.4 Å². The summed E-state index contributed by atoms with van der Waals surface area (Å²) in [6.07, 6.45) is 1.11. The predicted octanol–water partition coefficient (Wildman–Crippen LogP) is 1.26. The number of carbonyl (C=O) groups is 2. The Labute approximate surface area is 136 Å². The molecule has 0 spiro atoms. The van der Waals surface area contributed by atoms with Crippen molar-refractivity contribution in [1.82, 2.24) is 10.9 Å². The molecule has 120 valence electrons. The van der Waals surface area contributed by atoms with Crippen molar-refractivity contribution in [3.8, 4) is 0 Å². The number of oxime groups is 1. The second-order valence-corrected chi connectivity index (χ2v) is 5.13. The van der Waals surface area contributed by atoms with Crippen LogP contribution in [-0.2, 0) is 9.53 Å². The normalized spacial score (nSPS) is 17.0. The Morgan fingerprint density at radius 2 is 2.13 bits per heavy atom. The quantitative estimate of drug-likeness (QED) is 0.332. The second-order valence-electron chi connectivity index (χ2n) is 4.15. The third-order valence-electron chi connectivity index (χ3n) is 2.59. The number of ether oxygens (including phenoxy) is 1. The summed E-state index contributed by atoms with van der Waals surface area (Å²) < 4.78 is 4.77. The van der Waals surface area contributed by atoms with Crippen molar-refractivity contribution >= 4 is 33.8 Å². The maximum Gasteiger partial charge on any atom is 0.333 e. The van der Waals surface area contributed by atoms with Crippen LogP contribution < -0.4 is 10.9 Å². The van der Waals surface area contributed by atoms with Crippen molar-refractivity contribution in [2.45, 2.75) is 6.92 Å². The van der Waals surface area contributed by atoms with Gasteiger partial charge in [0.25, 0.3) is 5.91 Å². The van der Waals surface area contributed by atoms with Crippen LogP contribution in [0.2, 0.25) is 0 Å². The van der Waals surface area contributed by atoms with E-state index in [1.165, 1.54) is 0 Å². The van der Waals surface area contributed by atoms with Gasteiger partial charge >= 0.3 is 5.97 Å². The zero-order chi connectivity index (χ0) is 16.7. The van der Waals surface area contributed by atoms with E-state index in [9.17, 15) is 9.59 Å². The zero-order valence-electron chi connectivity index (χ0n) is 12.1. The van der Waals surface area contributed by atoms with Crippen LogP contribution in [-0.4, -0.2) is 33.9 Å². The summed E-state index contributed by atoms with van der Waals surface area (Å²) in [5.41, 5.74) is 5.69. The van der Waals surface area contributed by atoms with Crippen molar-refractivity contribution in [2.75, 3.05) is 6.61 Å². The number of amides is 1. The van der Waals surface area contributed by atoms with E-state index in [2.05, 4.69) is 21.0 Å². The number of nitrogens with one attached hydrogen (secondary N) is 2. The molecule has 1 aromatic carbocycles. The van der Waals surface area contributed by atoms with Crippen LogP contribution in [0.5, 0.6) is 0 Å². The van der Waals surface area contributed by atoms with Crippen molar-refractivity contribution in [1.29, 1.82) is 0 Å². The fourth-order valence-electron chi connectivity index (χ4n) is 1.61. The van der Waals surface area contributed by atoms with E-state index in [4.69, 9.17) is 9.94 Å². The number of hydrogen-bond donors (Lipinski definition) is 3. The molecule has 2 rings (SSSR count). The number of aliphatic imine (C=N–C) groups is 1. The molecular formula is C14H14N4O4S. The highest BCUT2D eigenvalue weighted by atomic mass is 32.2. The van der Waals surface area contributed by atoms with Gasteiger partial charge in [-0.15, -0.1) is 0 Å². The molecule has 0 aliphatic carbocycles. The van der Waals surface area contributed by atoms with E-state index in [0.717, 1.165) is 17.8 Å². The lowest BCUT2D eigenvalue weighted by atomic mass is 10.2. The van der Waals surface area contributed by atoms with Gasteiger partial charge in [0.1, 0.15) is 5.70 Å². The largest absolute Gasteiger partial charge is 0.463 e. The molecule has 1 aliphatic rings. The van der Waals surface area contributed by atoms with Crippen LogP contribution in [0.4, 0.5) is 0 Å². The lowest BCUT2D eigenvalue weighted by Gasteiger charge is -2.06. The van der Waals surface area contributed by atoms with Crippen LogP contribution in [0, 0.1) is 0 Å². The van der Waals surface area contributed by atoms with Gasteiger partial charge in [-0.3, -0.25) is 15.6 Å². The first-order valence-corrected chi connectivity index (χ1v) is 7.44. The molecule has 8 nitrogen and oxygen atoms in total. The molecule has 0 unspecified atom stereocenters. The third-order valence-corrected chi connectivity index (χ3v) is 3.46. The Bertz CT molecular complexity index is 685. The Morgan fingerprint density at radius 1 is 1.39 bits per heavy atom. The number of esters is 1. The molecule has 0 bridgehead atoms. The van der Waals surface area contributed by atoms with E-state index in [0.29, 0.717) is 5.56 Å². The number of amidine groups is 1. The van der Waals surface area contributed by atoms with Gasteiger partial charge in [0, 0.05) is 5.56 Å². The molecule has 0 saturated carbocycles. The van der Waals surface area contributed by atoms with Crippen LogP contribution in [0.1, 0.15) is 17.3 Å². The number of hydrazine groups is 1. The number of nitrogens with zero attached hydrogens (tertiary/aromatic N) is 2. The van der Waals surface area contributed by atoms with Gasteiger partial charge in [0.2, 0.25) is 0 Å². The van der Waals surface area contributed by atoms with Crippen molar-refractivity contribution < 1.29 is 19.5 Å². The molecule has 3 N–H and O–H groups in total. The van der Waals surface area contributed by atoms with Crippen LogP contribution >= 0.6 is 11.8 Å². The fourth-order valence-corrected chi connectivity index (χ4v) is 2.29.